The molecule has 122 valence electrons. The highest BCUT2D eigenvalue weighted by molar-refractivity contribution is 7.18. The summed E-state index contributed by atoms with van der Waals surface area (Å²) in [5.41, 5.74) is 3.77. The van der Waals surface area contributed by atoms with Crippen LogP contribution in [-0.2, 0) is 19.4 Å². The monoisotopic (exact) mass is 336 g/mol. The van der Waals surface area contributed by atoms with Gasteiger partial charge in [0.05, 0.1) is 5.39 Å². The number of nitrogens with zero attached hydrogens (tertiary/aromatic N) is 2. The molecule has 4 heteroatoms. The van der Waals surface area contributed by atoms with Crippen LogP contribution in [0.4, 0.5) is 0 Å². The highest BCUT2D eigenvalue weighted by atomic mass is 32.1. The van der Waals surface area contributed by atoms with E-state index in [0.717, 1.165) is 47.4 Å². The van der Waals surface area contributed by atoms with Crippen LogP contribution in [0.3, 0.4) is 0 Å². The Bertz CT molecular complexity index is 993. The van der Waals surface area contributed by atoms with Gasteiger partial charge >= 0.3 is 0 Å². The summed E-state index contributed by atoms with van der Waals surface area (Å²) in [6, 6.07) is 10.6. The van der Waals surface area contributed by atoms with Gasteiger partial charge in [-0.1, -0.05) is 38.1 Å². The molecule has 0 spiro atoms. The second kappa shape index (κ2) is 6.02. The first-order valence-electron chi connectivity index (χ1n) is 8.52. The van der Waals surface area contributed by atoms with Crippen molar-refractivity contribution in [1.29, 1.82) is 0 Å². The first kappa shape index (κ1) is 15.3. The molecule has 0 N–H and O–H groups in total. The van der Waals surface area contributed by atoms with Gasteiger partial charge in [-0.05, 0) is 48.1 Å². The molecule has 0 saturated heterocycles. The Hall–Kier alpha value is -2.20. The molecule has 3 heterocycles. The first-order valence-corrected chi connectivity index (χ1v) is 9.34. The van der Waals surface area contributed by atoms with Crippen molar-refractivity contribution in [2.45, 2.75) is 39.7 Å². The van der Waals surface area contributed by atoms with Crippen molar-refractivity contribution in [3.8, 4) is 0 Å². The molecule has 1 aliphatic heterocycles. The molecular weight excluding hydrogens is 316 g/mol. The highest BCUT2D eigenvalue weighted by Crippen LogP contribution is 2.30. The molecule has 0 saturated carbocycles. The molecule has 1 aliphatic rings. The fourth-order valence-corrected chi connectivity index (χ4v) is 4.18. The van der Waals surface area contributed by atoms with Gasteiger partial charge in [-0.15, -0.1) is 11.3 Å². The third-order valence-electron chi connectivity index (χ3n) is 4.67. The number of allylic oxidation sites excluding steroid dienone is 1. The van der Waals surface area contributed by atoms with Gasteiger partial charge in [-0.3, -0.25) is 9.36 Å². The maximum absolute atomic E-state index is 12.7. The predicted octanol–water partition coefficient (Wildman–Crippen LogP) is 4.53. The fraction of sp³-hybridized carbons (Fsp3) is 0.300. The van der Waals surface area contributed by atoms with Crippen molar-refractivity contribution in [2.24, 2.45) is 0 Å². The number of hydrogen-bond acceptors (Lipinski definition) is 3. The number of benzene rings is 1. The molecule has 0 bridgehead atoms. The Morgan fingerprint density at radius 3 is 2.71 bits per heavy atom. The molecule has 24 heavy (non-hydrogen) atoms. The maximum atomic E-state index is 12.7. The van der Waals surface area contributed by atoms with Gasteiger partial charge < -0.3 is 0 Å². The fourth-order valence-electron chi connectivity index (χ4n) is 3.22. The van der Waals surface area contributed by atoms with Gasteiger partial charge in [0.2, 0.25) is 0 Å². The van der Waals surface area contributed by atoms with Crippen molar-refractivity contribution in [2.75, 3.05) is 0 Å². The van der Waals surface area contributed by atoms with Gasteiger partial charge in [0.1, 0.15) is 10.7 Å². The van der Waals surface area contributed by atoms with Gasteiger partial charge in [0.25, 0.3) is 5.56 Å². The van der Waals surface area contributed by atoms with Crippen molar-refractivity contribution in [3.63, 3.8) is 0 Å². The molecule has 0 fully saturated rings. The van der Waals surface area contributed by atoms with Crippen LogP contribution in [0.5, 0.6) is 0 Å². The second-order valence-corrected chi connectivity index (χ2v) is 7.31. The average molecular weight is 336 g/mol. The predicted molar refractivity (Wildman–Crippen MR) is 102 cm³/mol. The molecule has 0 amide bonds. The molecular formula is C20H20N2OS. The minimum atomic E-state index is 0.107. The van der Waals surface area contributed by atoms with Crippen LogP contribution < -0.4 is 5.56 Å². The van der Waals surface area contributed by atoms with E-state index in [1.807, 2.05) is 10.6 Å². The lowest BCUT2D eigenvalue weighted by molar-refractivity contribution is 0.726. The Labute approximate surface area is 145 Å². The van der Waals surface area contributed by atoms with E-state index in [4.69, 9.17) is 4.98 Å². The highest BCUT2D eigenvalue weighted by Gasteiger charge is 2.21. The van der Waals surface area contributed by atoms with Crippen molar-refractivity contribution < 1.29 is 0 Å². The van der Waals surface area contributed by atoms with Crippen LogP contribution in [0.2, 0.25) is 0 Å². The Kier molecular flexibility index (Phi) is 3.85. The summed E-state index contributed by atoms with van der Waals surface area (Å²) in [5, 5.41) is 0.772. The summed E-state index contributed by atoms with van der Waals surface area (Å²) in [5.74, 6) is 0.844. The molecule has 3 aromatic rings. The van der Waals surface area contributed by atoms with E-state index in [1.165, 1.54) is 16.0 Å². The van der Waals surface area contributed by atoms with E-state index < -0.39 is 0 Å². The van der Waals surface area contributed by atoms with E-state index in [9.17, 15) is 4.79 Å². The zero-order valence-corrected chi connectivity index (χ0v) is 14.8. The zero-order chi connectivity index (χ0) is 16.7. The molecule has 2 aromatic heterocycles. The SMILES string of the molecule is CCc1ccc(C=C2CCn3c2nc2sc(CC)cc2c3=O)cc1. The number of aromatic nitrogens is 2. The molecule has 4 rings (SSSR count). The maximum Gasteiger partial charge on any atom is 0.262 e. The zero-order valence-electron chi connectivity index (χ0n) is 14.0. The molecule has 0 radical (unpaired) electrons. The van der Waals surface area contributed by atoms with E-state index >= 15 is 0 Å². The van der Waals surface area contributed by atoms with E-state index in [-0.39, 0.29) is 5.56 Å². The van der Waals surface area contributed by atoms with Gasteiger partial charge in [-0.2, -0.15) is 0 Å². The minimum Gasteiger partial charge on any atom is -0.292 e. The minimum absolute atomic E-state index is 0.107. The van der Waals surface area contributed by atoms with Crippen LogP contribution in [0, 0.1) is 0 Å². The van der Waals surface area contributed by atoms with Crippen molar-refractivity contribution >= 4 is 33.2 Å². The normalized spacial score (nSPS) is 15.3. The van der Waals surface area contributed by atoms with E-state index in [0.29, 0.717) is 0 Å². The standard InChI is InChI=1S/C20H20N2OS/c1-3-13-5-7-14(8-6-13)11-15-9-10-22-18(15)21-19-17(20(22)23)12-16(4-2)24-19/h5-8,11-12H,3-4,9-10H2,1-2H3. The second-order valence-electron chi connectivity index (χ2n) is 6.19. The third-order valence-corrected chi connectivity index (χ3v) is 5.84. The van der Waals surface area contributed by atoms with Crippen LogP contribution >= 0.6 is 11.3 Å². The Morgan fingerprint density at radius 2 is 2.00 bits per heavy atom. The summed E-state index contributed by atoms with van der Waals surface area (Å²) >= 11 is 1.64. The molecule has 0 aliphatic carbocycles. The molecule has 0 atom stereocenters. The number of hydrogen-bond donors (Lipinski definition) is 0. The largest absolute Gasteiger partial charge is 0.292 e. The van der Waals surface area contributed by atoms with Gasteiger partial charge in [0, 0.05) is 11.4 Å². The van der Waals surface area contributed by atoms with Crippen LogP contribution in [-0.4, -0.2) is 9.55 Å². The lowest BCUT2D eigenvalue weighted by Gasteiger charge is -2.03. The van der Waals surface area contributed by atoms with Crippen LogP contribution in [0.25, 0.3) is 21.9 Å². The summed E-state index contributed by atoms with van der Waals surface area (Å²) in [7, 11) is 0. The quantitative estimate of drug-likeness (QED) is 0.704. The summed E-state index contributed by atoms with van der Waals surface area (Å²) < 4.78 is 1.83. The summed E-state index contributed by atoms with van der Waals surface area (Å²) in [6.07, 6.45) is 5.04. The van der Waals surface area contributed by atoms with Gasteiger partial charge in [-0.25, -0.2) is 4.98 Å². The van der Waals surface area contributed by atoms with E-state index in [1.54, 1.807) is 11.3 Å². The Balaban J connectivity index is 1.81. The molecule has 1 aromatic carbocycles. The smallest absolute Gasteiger partial charge is 0.262 e. The lowest BCUT2D eigenvalue weighted by Crippen LogP contribution is -2.19. The lowest BCUT2D eigenvalue weighted by atomic mass is 10.1. The van der Waals surface area contributed by atoms with Crippen LogP contribution in [0.15, 0.2) is 35.1 Å². The average Bonchev–Trinajstić information content (AvgIpc) is 3.21. The van der Waals surface area contributed by atoms with E-state index in [2.05, 4.69) is 44.2 Å². The topological polar surface area (TPSA) is 34.9 Å². The van der Waals surface area contributed by atoms with Gasteiger partial charge in [0.15, 0.2) is 0 Å². The summed E-state index contributed by atoms with van der Waals surface area (Å²) in [6.45, 7) is 5.00. The summed E-state index contributed by atoms with van der Waals surface area (Å²) in [4.78, 5) is 19.6. The number of aryl methyl sites for hydroxylation is 2. The first-order chi connectivity index (χ1) is 11.7. The molecule has 3 nitrogen and oxygen atoms in total. The van der Waals surface area contributed by atoms with Crippen LogP contribution in [0.1, 0.15) is 42.1 Å². The number of thiophene rings is 1. The Morgan fingerprint density at radius 1 is 1.21 bits per heavy atom. The van der Waals surface area contributed by atoms with Crippen molar-refractivity contribution in [1.82, 2.24) is 9.55 Å². The number of fused-ring (bicyclic) bond motifs is 2. The third kappa shape index (κ3) is 2.51. The van der Waals surface area contributed by atoms with Crippen molar-refractivity contribution in [3.05, 3.63) is 62.5 Å². The number of rotatable bonds is 3. The molecule has 0 unspecified atom stereocenters.